The summed E-state index contributed by atoms with van der Waals surface area (Å²) in [7, 11) is 0. The lowest BCUT2D eigenvalue weighted by Gasteiger charge is -2.09. The second-order valence-corrected chi connectivity index (χ2v) is 6.77. The van der Waals surface area contributed by atoms with E-state index in [1.54, 1.807) is 30.3 Å². The number of aromatic nitrogens is 1. The summed E-state index contributed by atoms with van der Waals surface area (Å²) in [5.74, 6) is -5.03. The van der Waals surface area contributed by atoms with Crippen LogP contribution in [0.4, 0.5) is 13.2 Å². The van der Waals surface area contributed by atoms with Crippen molar-refractivity contribution in [3.63, 3.8) is 0 Å². The smallest absolute Gasteiger partial charge is 0.198 e. The standard InChI is InChI=1S/C23H9F3N2O2/c24-13-9-14(25)21(26)18-11(6-7-27)19(23(30)20(13)18)16-10-3-1-5-15(29)17(10)22-12(16)4-2-8-28-22/h1-6,8-9,29H/b11-6+,19-16-. The normalized spacial score (nSPS) is 17.7. The minimum absolute atomic E-state index is 0.0831. The Morgan fingerprint density at radius 3 is 2.50 bits per heavy atom. The average Bonchev–Trinajstić information content (AvgIpc) is 3.20. The number of aromatic hydroxyl groups is 1. The molecule has 1 aromatic heterocycles. The van der Waals surface area contributed by atoms with E-state index in [1.165, 1.54) is 12.3 Å². The highest BCUT2D eigenvalue weighted by molar-refractivity contribution is 6.33. The van der Waals surface area contributed by atoms with Crippen LogP contribution in [0.25, 0.3) is 22.4 Å². The molecule has 0 saturated carbocycles. The molecule has 3 aromatic rings. The van der Waals surface area contributed by atoms with Crippen molar-refractivity contribution in [1.82, 2.24) is 4.98 Å². The van der Waals surface area contributed by atoms with Crippen molar-refractivity contribution in [3.05, 3.63) is 93.9 Å². The number of benzene rings is 2. The third kappa shape index (κ3) is 2.16. The molecular formula is C23H9F3N2O2. The Morgan fingerprint density at radius 1 is 0.967 bits per heavy atom. The molecule has 0 amide bonds. The van der Waals surface area contributed by atoms with Gasteiger partial charge in [0.25, 0.3) is 0 Å². The molecule has 2 aliphatic rings. The van der Waals surface area contributed by atoms with Crippen LogP contribution >= 0.6 is 0 Å². The summed E-state index contributed by atoms with van der Waals surface area (Å²) in [6, 6.07) is 9.95. The number of hydrogen-bond acceptors (Lipinski definition) is 4. The molecule has 0 spiro atoms. The molecule has 4 nitrogen and oxygen atoms in total. The van der Waals surface area contributed by atoms with Crippen LogP contribution in [-0.4, -0.2) is 15.9 Å². The van der Waals surface area contributed by atoms with Crippen molar-refractivity contribution in [1.29, 1.82) is 5.26 Å². The molecule has 1 heterocycles. The lowest BCUT2D eigenvalue weighted by atomic mass is 9.93. The summed E-state index contributed by atoms with van der Waals surface area (Å²) in [5, 5.41) is 19.6. The molecule has 0 fully saturated rings. The number of pyridine rings is 1. The van der Waals surface area contributed by atoms with E-state index in [1.807, 2.05) is 0 Å². The predicted molar refractivity (Wildman–Crippen MR) is 102 cm³/mol. The van der Waals surface area contributed by atoms with Gasteiger partial charge < -0.3 is 5.11 Å². The van der Waals surface area contributed by atoms with Crippen molar-refractivity contribution in [2.75, 3.05) is 0 Å². The van der Waals surface area contributed by atoms with Gasteiger partial charge >= 0.3 is 0 Å². The molecule has 0 bridgehead atoms. The number of hydrogen-bond donors (Lipinski definition) is 1. The van der Waals surface area contributed by atoms with Crippen LogP contribution in [0.5, 0.6) is 5.75 Å². The van der Waals surface area contributed by atoms with Gasteiger partial charge in [-0.05, 0) is 17.7 Å². The fourth-order valence-corrected chi connectivity index (χ4v) is 4.12. The zero-order valence-electron chi connectivity index (χ0n) is 15.0. The van der Waals surface area contributed by atoms with Crippen LogP contribution in [0.15, 0.2) is 54.2 Å². The number of phenols is 1. The number of carbonyl (C=O) groups excluding carboxylic acids is 1. The summed E-state index contributed by atoms with van der Waals surface area (Å²) in [4.78, 5) is 17.5. The van der Waals surface area contributed by atoms with E-state index in [4.69, 9.17) is 0 Å². The fraction of sp³-hybridized carbons (Fsp3) is 0. The number of Topliss-reactive ketones (excluding diaryl/α,β-unsaturated/α-hetero) is 1. The Hall–Kier alpha value is -4.18. The van der Waals surface area contributed by atoms with E-state index >= 15 is 0 Å². The van der Waals surface area contributed by atoms with Crippen molar-refractivity contribution >= 4 is 16.9 Å². The van der Waals surface area contributed by atoms with E-state index < -0.39 is 34.4 Å². The molecule has 7 heteroatoms. The van der Waals surface area contributed by atoms with E-state index in [-0.39, 0.29) is 22.5 Å². The Kier molecular flexibility index (Phi) is 3.67. The highest BCUT2D eigenvalue weighted by Crippen LogP contribution is 2.52. The summed E-state index contributed by atoms with van der Waals surface area (Å²) in [5.41, 5.74) is 0.328. The molecule has 0 radical (unpaired) electrons. The molecule has 144 valence electrons. The largest absolute Gasteiger partial charge is 0.507 e. The molecule has 2 aliphatic carbocycles. The van der Waals surface area contributed by atoms with Gasteiger partial charge in [0.2, 0.25) is 0 Å². The maximum atomic E-state index is 14.6. The predicted octanol–water partition coefficient (Wildman–Crippen LogP) is 4.79. The number of fused-ring (bicyclic) bond motifs is 4. The number of ketones is 1. The molecule has 1 N–H and O–H groups in total. The van der Waals surface area contributed by atoms with Gasteiger partial charge in [0.15, 0.2) is 17.4 Å². The third-order valence-electron chi connectivity index (χ3n) is 5.25. The van der Waals surface area contributed by atoms with Crippen molar-refractivity contribution in [2.45, 2.75) is 0 Å². The number of nitrogens with zero attached hydrogens (tertiary/aromatic N) is 2. The van der Waals surface area contributed by atoms with Crippen LogP contribution in [0.1, 0.15) is 27.0 Å². The van der Waals surface area contributed by atoms with E-state index in [9.17, 15) is 28.3 Å². The van der Waals surface area contributed by atoms with E-state index in [0.29, 0.717) is 28.5 Å². The first-order valence-corrected chi connectivity index (χ1v) is 8.80. The first kappa shape index (κ1) is 17.9. The van der Waals surface area contributed by atoms with Crippen LogP contribution in [0.3, 0.4) is 0 Å². The first-order chi connectivity index (χ1) is 14.5. The van der Waals surface area contributed by atoms with Gasteiger partial charge in [-0.2, -0.15) is 5.26 Å². The van der Waals surface area contributed by atoms with Gasteiger partial charge in [0, 0.05) is 46.2 Å². The Balaban J connectivity index is 1.96. The van der Waals surface area contributed by atoms with Gasteiger partial charge in [-0.1, -0.05) is 18.2 Å². The quantitative estimate of drug-likeness (QED) is 0.261. The van der Waals surface area contributed by atoms with Crippen LogP contribution in [0, 0.1) is 28.8 Å². The molecule has 0 atom stereocenters. The Labute approximate surface area is 167 Å². The number of carbonyl (C=O) groups is 1. The van der Waals surface area contributed by atoms with Crippen molar-refractivity contribution < 1.29 is 23.1 Å². The number of allylic oxidation sites excluding steroid dienone is 3. The molecule has 0 saturated heterocycles. The highest BCUT2D eigenvalue weighted by atomic mass is 19.2. The summed E-state index contributed by atoms with van der Waals surface area (Å²) < 4.78 is 43.0. The van der Waals surface area contributed by atoms with Crippen molar-refractivity contribution in [3.8, 4) is 23.1 Å². The summed E-state index contributed by atoms with van der Waals surface area (Å²) in [6.45, 7) is 0. The minimum Gasteiger partial charge on any atom is -0.507 e. The zero-order chi connectivity index (χ0) is 21.2. The second kappa shape index (κ2) is 6.16. The molecular weight excluding hydrogens is 393 g/mol. The lowest BCUT2D eigenvalue weighted by molar-refractivity contribution is 0.104. The minimum atomic E-state index is -1.46. The molecule has 30 heavy (non-hydrogen) atoms. The third-order valence-corrected chi connectivity index (χ3v) is 5.25. The first-order valence-electron chi connectivity index (χ1n) is 8.80. The van der Waals surface area contributed by atoms with Gasteiger partial charge in [0.1, 0.15) is 11.6 Å². The van der Waals surface area contributed by atoms with Crippen LogP contribution in [-0.2, 0) is 0 Å². The van der Waals surface area contributed by atoms with E-state index in [0.717, 1.165) is 6.08 Å². The monoisotopic (exact) mass is 402 g/mol. The Bertz CT molecular complexity index is 1410. The van der Waals surface area contributed by atoms with Gasteiger partial charge in [-0.15, -0.1) is 0 Å². The number of halogens is 3. The van der Waals surface area contributed by atoms with Crippen LogP contribution in [0.2, 0.25) is 0 Å². The molecule has 2 aromatic carbocycles. The zero-order valence-corrected chi connectivity index (χ0v) is 15.0. The number of nitriles is 1. The fourth-order valence-electron chi connectivity index (χ4n) is 4.12. The summed E-state index contributed by atoms with van der Waals surface area (Å²) >= 11 is 0. The molecule has 0 aliphatic heterocycles. The van der Waals surface area contributed by atoms with Gasteiger partial charge in [0.05, 0.1) is 22.9 Å². The maximum absolute atomic E-state index is 14.6. The van der Waals surface area contributed by atoms with E-state index in [2.05, 4.69) is 4.98 Å². The Morgan fingerprint density at radius 2 is 1.73 bits per heavy atom. The van der Waals surface area contributed by atoms with Crippen molar-refractivity contribution in [2.24, 2.45) is 0 Å². The van der Waals surface area contributed by atoms with Gasteiger partial charge in [-0.3, -0.25) is 9.78 Å². The number of rotatable bonds is 0. The number of phenolic OH excluding ortho intramolecular Hbond substituents is 1. The second-order valence-electron chi connectivity index (χ2n) is 6.77. The average molecular weight is 402 g/mol. The van der Waals surface area contributed by atoms with Gasteiger partial charge in [-0.25, -0.2) is 13.2 Å². The maximum Gasteiger partial charge on any atom is 0.198 e. The molecule has 0 unspecified atom stereocenters. The lowest BCUT2D eigenvalue weighted by Crippen LogP contribution is -2.03. The topological polar surface area (TPSA) is 74.0 Å². The summed E-state index contributed by atoms with van der Waals surface area (Å²) in [6.07, 6.45) is 2.40. The SMILES string of the molecule is N#C/C=C1/C(=C2/c3cccnc3-c3c(O)cccc32)C(=O)c2c(F)cc(F)c(F)c21. The highest BCUT2D eigenvalue weighted by Gasteiger charge is 2.41. The van der Waals surface area contributed by atoms with Crippen LogP contribution < -0.4 is 0 Å². The molecule has 5 rings (SSSR count).